The van der Waals surface area contributed by atoms with Gasteiger partial charge in [0.15, 0.2) is 5.82 Å². The summed E-state index contributed by atoms with van der Waals surface area (Å²) in [5.74, 6) is 2.14. The molecule has 0 aliphatic carbocycles. The minimum atomic E-state index is -0.580. The van der Waals surface area contributed by atoms with E-state index in [1.807, 2.05) is 92.4 Å². The molecule has 4 amide bonds. The Morgan fingerprint density at radius 3 is 1.18 bits per heavy atom. The van der Waals surface area contributed by atoms with Crippen LogP contribution < -0.4 is 18.9 Å². The monoisotopic (exact) mass is 1710 g/mol. The van der Waals surface area contributed by atoms with Gasteiger partial charge in [-0.2, -0.15) is 30.0 Å². The molecule has 0 saturated carbocycles. The van der Waals surface area contributed by atoms with Crippen molar-refractivity contribution in [2.75, 3.05) is 26.4 Å². The van der Waals surface area contributed by atoms with Crippen molar-refractivity contribution in [3.05, 3.63) is 293 Å². The summed E-state index contributed by atoms with van der Waals surface area (Å²) in [6.45, 7) is 7.95. The summed E-state index contributed by atoms with van der Waals surface area (Å²) >= 11 is 1.58. The number of carbonyl (C=O) groups excluding carboxylic acids is 4. The molecule has 8 bridgehead atoms. The maximum absolute atomic E-state index is 14.8. The standard InChI is InChI=1S/C26H26FN3O2.C25H25FN2O2S.C24H25FN4O2.C23H22F2N4O2/c1-17-3-11-22(25-28-13-2-14-29-25)23(15-17)26(31)30-20-7-4-18(24(30)12-8-20)16-32-21-9-5-19(27)6-10-21;1-16-27-23(24(31-16)17-5-3-2-4-6-17)25(29)28-20-10-7-18(22(28)14-11-20)15-30-21-12-8-19(26)9-13-21;1-16-2-10-23(29-26-12-13-27-29)21(14-16)24(30)28-19-6-3-17(22(28)11-7-19)15-31-20-8-4-18(25)5-9-20;24-16-5-9-18(10-6-16)31-14-15-4-7-17-8-11-20(15)28(17)23(30)22-19(25)2-1-3-21(22)29-26-12-13-27-29/h2-3,5-6,9-11,13-15,18,20,24H,4,7-8,12,16H2,1H3;2-6,8-9,12-13,18,20,22H,7,10-11,14-15H2,1H3;2,4-5,8-10,12-14,17,19,22H,3,6-7,11,15H2,1H3;1-3,5-6,9-10,12-13,15,17,20H,4,7-8,11,14H2/t18-,20-,24?;18-,20?,22?;17-,19-,22?;15-,17-,20?/m1111/s1. The number of hydrogen-bond donors (Lipinski definition) is 0. The van der Waals surface area contributed by atoms with Crippen molar-refractivity contribution >= 4 is 35.0 Å². The second-order valence-corrected chi connectivity index (χ2v) is 34.8. The Balaban J connectivity index is 0.000000118. The number of thiazole rings is 1. The molecule has 8 aliphatic rings. The molecule has 0 N–H and O–H groups in total. The summed E-state index contributed by atoms with van der Waals surface area (Å²) in [5, 5.41) is 17.5. The van der Waals surface area contributed by atoms with Gasteiger partial charge in [0.1, 0.15) is 69.0 Å². The van der Waals surface area contributed by atoms with Crippen LogP contribution in [0.25, 0.3) is 33.2 Å². The number of rotatable bonds is 20. The van der Waals surface area contributed by atoms with E-state index >= 15 is 0 Å². The van der Waals surface area contributed by atoms with E-state index in [2.05, 4.69) is 50.0 Å². The van der Waals surface area contributed by atoms with Crippen LogP contribution in [-0.4, -0.2) is 163 Å². The SMILES string of the molecule is Cc1ccc(-c2ncccn2)c(C(=O)N2C3CC[C@H]2CC[C@@H]3COc2ccc(F)cc2)c1.Cc1ccc(-n2nccn2)c(C(=O)N2C3CC[C@H]2CC[C@@H]3COc2ccc(F)cc2)c1.Cc1nc(C(=O)N2C3CCC2[C@@H](COc2ccc(F)cc2)CC3)c(-c2ccccc2)s1.O=C(c1c(F)cccc1-n1nccn1)N1C2CC[C@H]1CC[C@@H]2COc1ccc(F)cc1. The smallest absolute Gasteiger partial charge is 0.274 e. The maximum atomic E-state index is 14.8. The van der Waals surface area contributed by atoms with E-state index in [0.29, 0.717) is 83.4 Å². The third-order valence-electron chi connectivity index (χ3n) is 25.9. The Bertz CT molecular complexity index is 5710. The molecule has 125 heavy (non-hydrogen) atoms. The van der Waals surface area contributed by atoms with Crippen LogP contribution in [0.1, 0.15) is 160 Å². The topological polar surface area (TPSA) is 218 Å². The minimum Gasteiger partial charge on any atom is -0.493 e. The van der Waals surface area contributed by atoms with E-state index in [4.69, 9.17) is 18.9 Å². The van der Waals surface area contributed by atoms with Gasteiger partial charge in [-0.15, -0.1) is 11.3 Å². The Morgan fingerprint density at radius 2 is 0.744 bits per heavy atom. The summed E-state index contributed by atoms with van der Waals surface area (Å²) in [5.41, 5.74) is 6.77. The number of fused-ring (bicyclic) bond motifs is 8. The Labute approximate surface area is 726 Å². The molecule has 12 aromatic rings. The number of carbonyl (C=O) groups is 4. The zero-order chi connectivity index (χ0) is 86.2. The fraction of sp³-hybridized carbons (Fsp3) is 0.357. The summed E-state index contributed by atoms with van der Waals surface area (Å²) in [6.07, 6.45) is 25.2. The molecule has 12 atom stereocenters. The zero-order valence-corrected chi connectivity index (χ0v) is 70.6. The molecular weight excluding hydrogens is 1610 g/mol. The van der Waals surface area contributed by atoms with Gasteiger partial charge in [-0.3, -0.25) is 19.2 Å². The molecule has 20 rings (SSSR count). The fourth-order valence-corrected chi connectivity index (χ4v) is 20.8. The van der Waals surface area contributed by atoms with Gasteiger partial charge < -0.3 is 38.5 Å². The highest BCUT2D eigenvalue weighted by Gasteiger charge is 2.50. The van der Waals surface area contributed by atoms with Crippen LogP contribution in [0.5, 0.6) is 23.0 Å². The molecule has 644 valence electrons. The molecule has 8 aromatic carbocycles. The molecule has 8 fully saturated rings. The van der Waals surface area contributed by atoms with Crippen LogP contribution >= 0.6 is 11.3 Å². The van der Waals surface area contributed by atoms with Crippen LogP contribution in [0.4, 0.5) is 22.0 Å². The second kappa shape index (κ2) is 38.3. The lowest BCUT2D eigenvalue weighted by atomic mass is 9.89. The quantitative estimate of drug-likeness (QED) is 0.0648. The van der Waals surface area contributed by atoms with Crippen molar-refractivity contribution in [2.24, 2.45) is 23.7 Å². The van der Waals surface area contributed by atoms with Crippen molar-refractivity contribution in [1.82, 2.24) is 64.5 Å². The molecule has 0 radical (unpaired) electrons. The Morgan fingerprint density at radius 1 is 0.368 bits per heavy atom. The molecule has 5 unspecified atom stereocenters. The maximum Gasteiger partial charge on any atom is 0.274 e. The van der Waals surface area contributed by atoms with E-state index in [1.165, 1.54) is 76.6 Å². The third-order valence-corrected chi connectivity index (χ3v) is 27.0. The van der Waals surface area contributed by atoms with Crippen LogP contribution in [-0.2, 0) is 0 Å². The second-order valence-electron chi connectivity index (χ2n) is 33.6. The predicted molar refractivity (Wildman–Crippen MR) is 462 cm³/mol. The average Bonchev–Trinajstić information content (AvgIpc) is 1.64. The van der Waals surface area contributed by atoms with Gasteiger partial charge >= 0.3 is 0 Å². The largest absolute Gasteiger partial charge is 0.493 e. The van der Waals surface area contributed by atoms with Crippen LogP contribution in [0, 0.1) is 73.5 Å². The normalized spacial score (nSPS) is 22.4. The lowest BCUT2D eigenvalue weighted by Gasteiger charge is -2.40. The van der Waals surface area contributed by atoms with E-state index < -0.39 is 5.82 Å². The Hall–Kier alpha value is -12.5. The van der Waals surface area contributed by atoms with Crippen molar-refractivity contribution in [1.29, 1.82) is 0 Å². The number of hydrogen-bond acceptors (Lipinski definition) is 16. The van der Waals surface area contributed by atoms with Crippen LogP contribution in [0.15, 0.2) is 225 Å². The third kappa shape index (κ3) is 19.0. The first-order valence-corrected chi connectivity index (χ1v) is 44.1. The summed E-state index contributed by atoms with van der Waals surface area (Å²) < 4.78 is 91.3. The van der Waals surface area contributed by atoms with Crippen molar-refractivity contribution in [3.63, 3.8) is 0 Å². The van der Waals surface area contributed by atoms with Gasteiger partial charge in [-0.25, -0.2) is 36.9 Å². The molecule has 12 heterocycles. The van der Waals surface area contributed by atoms with Crippen molar-refractivity contribution in [2.45, 2.75) is 172 Å². The molecule has 8 saturated heterocycles. The van der Waals surface area contributed by atoms with E-state index in [1.54, 1.807) is 103 Å². The summed E-state index contributed by atoms with van der Waals surface area (Å²) in [4.78, 5) is 80.1. The molecule has 21 nitrogen and oxygen atoms in total. The summed E-state index contributed by atoms with van der Waals surface area (Å²) in [7, 11) is 0. The lowest BCUT2D eigenvalue weighted by Crippen LogP contribution is -2.50. The highest BCUT2D eigenvalue weighted by Crippen LogP contribution is 2.47. The number of piperidine rings is 4. The number of halogens is 5. The molecule has 0 spiro atoms. The molecule has 4 aromatic heterocycles. The van der Waals surface area contributed by atoms with E-state index in [0.717, 1.165) is 135 Å². The van der Waals surface area contributed by atoms with Gasteiger partial charge in [0, 0.05) is 90.0 Å². The fourth-order valence-electron chi connectivity index (χ4n) is 19.9. The lowest BCUT2D eigenvalue weighted by molar-refractivity contribution is 0.0395. The first-order chi connectivity index (χ1) is 60.9. The predicted octanol–water partition coefficient (Wildman–Crippen LogP) is 19.0. The Kier molecular flexibility index (Phi) is 25.9. The molecule has 8 aliphatic heterocycles. The van der Waals surface area contributed by atoms with E-state index in [9.17, 15) is 41.1 Å². The van der Waals surface area contributed by atoms with E-state index in [-0.39, 0.29) is 124 Å². The van der Waals surface area contributed by atoms with Crippen molar-refractivity contribution < 1.29 is 60.1 Å². The van der Waals surface area contributed by atoms with Gasteiger partial charge in [0.25, 0.3) is 23.6 Å². The van der Waals surface area contributed by atoms with Crippen LogP contribution in [0.2, 0.25) is 0 Å². The van der Waals surface area contributed by atoms with Gasteiger partial charge in [0.2, 0.25) is 0 Å². The first-order valence-electron chi connectivity index (χ1n) is 43.3. The van der Waals surface area contributed by atoms with Gasteiger partial charge in [-0.1, -0.05) is 65.7 Å². The number of amides is 4. The highest BCUT2D eigenvalue weighted by molar-refractivity contribution is 7.15. The first kappa shape index (κ1) is 84.7. The summed E-state index contributed by atoms with van der Waals surface area (Å²) in [6, 6.07) is 53.6. The number of aromatic nitrogens is 9. The molecule has 27 heteroatoms. The minimum absolute atomic E-state index is 0.00398. The van der Waals surface area contributed by atoms with Gasteiger partial charge in [-0.05, 0) is 263 Å². The number of benzene rings is 8. The number of nitrogens with zero attached hydrogens (tertiary/aromatic N) is 13. The average molecular weight is 1710 g/mol. The number of aryl methyl sites for hydroxylation is 3. The zero-order valence-electron chi connectivity index (χ0n) is 69.8. The van der Waals surface area contributed by atoms with Gasteiger partial charge in [0.05, 0.1) is 77.9 Å². The highest BCUT2D eigenvalue weighted by atomic mass is 32.1. The van der Waals surface area contributed by atoms with Crippen LogP contribution in [0.3, 0.4) is 0 Å². The number of ether oxygens (including phenoxy) is 4. The molecular formula is C98H98F5N13O8S. The van der Waals surface area contributed by atoms with Crippen molar-refractivity contribution in [3.8, 4) is 56.2 Å².